The number of nitrogens with one attached hydrogen (secondary N) is 2. The number of nitrogens with zero attached hydrogens (tertiary/aromatic N) is 1. The Morgan fingerprint density at radius 1 is 1.00 bits per heavy atom. The molecule has 1 aliphatic heterocycles. The van der Waals surface area contributed by atoms with Gasteiger partial charge in [-0.2, -0.15) is 0 Å². The van der Waals surface area contributed by atoms with E-state index in [-0.39, 0.29) is 5.91 Å². The molecule has 1 heterocycles. The maximum atomic E-state index is 13.5. The average Bonchev–Trinajstić information content (AvgIpc) is 3.22. The molecule has 3 aromatic rings. The third-order valence-corrected chi connectivity index (χ3v) is 5.41. The van der Waals surface area contributed by atoms with Gasteiger partial charge in [0, 0.05) is 12.2 Å². The van der Waals surface area contributed by atoms with Gasteiger partial charge < -0.3 is 20.3 Å². The van der Waals surface area contributed by atoms with Crippen molar-refractivity contribution in [1.82, 2.24) is 5.32 Å². The number of ether oxygens (including phenoxy) is 1. The number of urea groups is 1. The van der Waals surface area contributed by atoms with Crippen molar-refractivity contribution in [1.29, 1.82) is 0 Å². The van der Waals surface area contributed by atoms with Crippen molar-refractivity contribution in [3.05, 3.63) is 89.5 Å². The van der Waals surface area contributed by atoms with Gasteiger partial charge in [-0.15, -0.1) is 0 Å². The van der Waals surface area contributed by atoms with Gasteiger partial charge in [0.05, 0.1) is 12.8 Å². The summed E-state index contributed by atoms with van der Waals surface area (Å²) in [4.78, 5) is 28.2. The van der Waals surface area contributed by atoms with Gasteiger partial charge in [-0.25, -0.2) is 4.79 Å². The largest absolute Gasteiger partial charge is 0.495 e. The summed E-state index contributed by atoms with van der Waals surface area (Å²) in [6, 6.07) is 21.4. The second-order valence-corrected chi connectivity index (χ2v) is 7.51. The molecule has 1 atom stereocenters. The molecule has 1 aliphatic rings. The Balaban J connectivity index is 1.59. The molecule has 0 aliphatic carbocycles. The highest BCUT2D eigenvalue weighted by molar-refractivity contribution is 6.02. The number of carbonyl (C=O) groups excluding carboxylic acids is 2. The minimum Gasteiger partial charge on any atom is -0.495 e. The lowest BCUT2D eigenvalue weighted by Gasteiger charge is -2.25. The van der Waals surface area contributed by atoms with Gasteiger partial charge in [0.15, 0.2) is 0 Å². The fourth-order valence-corrected chi connectivity index (χ4v) is 3.87. The van der Waals surface area contributed by atoms with E-state index in [4.69, 9.17) is 4.74 Å². The summed E-state index contributed by atoms with van der Waals surface area (Å²) >= 11 is 0. The predicted octanol–water partition coefficient (Wildman–Crippen LogP) is 4.46. The van der Waals surface area contributed by atoms with Gasteiger partial charge in [-0.1, -0.05) is 54.6 Å². The van der Waals surface area contributed by atoms with Gasteiger partial charge in [0.1, 0.15) is 11.8 Å². The molecule has 3 aromatic carbocycles. The van der Waals surface area contributed by atoms with Crippen molar-refractivity contribution < 1.29 is 14.3 Å². The summed E-state index contributed by atoms with van der Waals surface area (Å²) in [5.74, 6) is 0.388. The van der Waals surface area contributed by atoms with E-state index >= 15 is 0 Å². The molecule has 6 nitrogen and oxygen atoms in total. The molecule has 0 aromatic heterocycles. The standard InChI is InChI=1S/C25H25N3O3/c1-17-12-13-22(31-2)20(16-17)26-25(30)27-23(19-9-4-3-5-10-19)24(29)28-15-14-18-8-6-7-11-21(18)28/h3-13,16,23H,14-15H2,1-2H3,(H2,26,27,30)/t23-/m1/s1. The van der Waals surface area contributed by atoms with E-state index < -0.39 is 12.1 Å². The first-order chi connectivity index (χ1) is 15.1. The van der Waals surface area contributed by atoms with Crippen molar-refractivity contribution in [2.24, 2.45) is 0 Å². The van der Waals surface area contributed by atoms with Gasteiger partial charge in [-0.05, 0) is 48.2 Å². The van der Waals surface area contributed by atoms with E-state index in [1.54, 1.807) is 18.1 Å². The van der Waals surface area contributed by atoms with Gasteiger partial charge in [-0.3, -0.25) is 4.79 Å². The van der Waals surface area contributed by atoms with Crippen LogP contribution >= 0.6 is 0 Å². The maximum absolute atomic E-state index is 13.5. The Labute approximate surface area is 181 Å². The quantitative estimate of drug-likeness (QED) is 0.647. The zero-order valence-corrected chi connectivity index (χ0v) is 17.6. The van der Waals surface area contributed by atoms with Crippen molar-refractivity contribution >= 4 is 23.3 Å². The van der Waals surface area contributed by atoms with Crippen LogP contribution in [-0.2, 0) is 11.2 Å². The molecule has 2 N–H and O–H groups in total. The summed E-state index contributed by atoms with van der Waals surface area (Å²) in [5, 5.41) is 5.68. The van der Waals surface area contributed by atoms with E-state index in [0.717, 1.165) is 28.8 Å². The van der Waals surface area contributed by atoms with E-state index in [1.807, 2.05) is 73.7 Å². The third-order valence-electron chi connectivity index (χ3n) is 5.41. The van der Waals surface area contributed by atoms with Gasteiger partial charge >= 0.3 is 6.03 Å². The fraction of sp³-hybridized carbons (Fsp3) is 0.200. The van der Waals surface area contributed by atoms with E-state index in [1.165, 1.54) is 0 Å². The van der Waals surface area contributed by atoms with Crippen LogP contribution in [0.25, 0.3) is 0 Å². The summed E-state index contributed by atoms with van der Waals surface area (Å²) in [6.45, 7) is 2.53. The Morgan fingerprint density at radius 2 is 1.74 bits per heavy atom. The molecule has 0 unspecified atom stereocenters. The minimum atomic E-state index is -0.817. The topological polar surface area (TPSA) is 70.7 Å². The summed E-state index contributed by atoms with van der Waals surface area (Å²) in [6.07, 6.45) is 0.802. The van der Waals surface area contributed by atoms with E-state index in [0.29, 0.717) is 18.0 Å². The smallest absolute Gasteiger partial charge is 0.320 e. The van der Waals surface area contributed by atoms with Crippen molar-refractivity contribution in [3.8, 4) is 5.75 Å². The number of rotatable bonds is 5. The molecule has 6 heteroatoms. The van der Waals surface area contributed by atoms with Crippen LogP contribution in [0.1, 0.15) is 22.7 Å². The number of methoxy groups -OCH3 is 1. The highest BCUT2D eigenvalue weighted by Gasteiger charge is 2.32. The van der Waals surface area contributed by atoms with Crippen LogP contribution in [0.15, 0.2) is 72.8 Å². The number of aryl methyl sites for hydroxylation is 1. The first kappa shape index (κ1) is 20.5. The van der Waals surface area contributed by atoms with Crippen LogP contribution in [0, 0.1) is 6.92 Å². The number of para-hydroxylation sites is 1. The molecule has 0 fully saturated rings. The van der Waals surface area contributed by atoms with Crippen LogP contribution in [0.2, 0.25) is 0 Å². The van der Waals surface area contributed by atoms with Crippen LogP contribution in [0.4, 0.5) is 16.2 Å². The Kier molecular flexibility index (Phi) is 5.89. The first-order valence-electron chi connectivity index (χ1n) is 10.2. The Hall–Kier alpha value is -3.80. The molecule has 4 rings (SSSR count). The summed E-state index contributed by atoms with van der Waals surface area (Å²) in [7, 11) is 1.55. The number of hydrogen-bond acceptors (Lipinski definition) is 3. The van der Waals surface area contributed by atoms with Gasteiger partial charge in [0.25, 0.3) is 5.91 Å². The number of amides is 3. The predicted molar refractivity (Wildman–Crippen MR) is 122 cm³/mol. The highest BCUT2D eigenvalue weighted by atomic mass is 16.5. The number of hydrogen-bond donors (Lipinski definition) is 2. The maximum Gasteiger partial charge on any atom is 0.320 e. The lowest BCUT2D eigenvalue weighted by molar-refractivity contribution is -0.120. The first-order valence-corrected chi connectivity index (χ1v) is 10.2. The number of fused-ring (bicyclic) bond motifs is 1. The molecule has 0 bridgehead atoms. The normalized spacial score (nSPS) is 13.3. The number of anilines is 2. The molecule has 0 spiro atoms. The van der Waals surface area contributed by atoms with Crippen molar-refractivity contribution in [2.75, 3.05) is 23.9 Å². The SMILES string of the molecule is COc1ccc(C)cc1NC(=O)N[C@@H](C(=O)N1CCc2ccccc21)c1ccccc1. The monoisotopic (exact) mass is 415 g/mol. The van der Waals surface area contributed by atoms with Crippen LogP contribution in [0.5, 0.6) is 5.75 Å². The lowest BCUT2D eigenvalue weighted by Crippen LogP contribution is -2.43. The average molecular weight is 415 g/mol. The molecule has 0 saturated heterocycles. The van der Waals surface area contributed by atoms with Crippen molar-refractivity contribution in [2.45, 2.75) is 19.4 Å². The number of benzene rings is 3. The molecular formula is C25H25N3O3. The molecule has 31 heavy (non-hydrogen) atoms. The van der Waals surface area contributed by atoms with E-state index in [9.17, 15) is 9.59 Å². The van der Waals surface area contributed by atoms with Gasteiger partial charge in [0.2, 0.25) is 0 Å². The molecule has 3 amide bonds. The van der Waals surface area contributed by atoms with Crippen LogP contribution < -0.4 is 20.3 Å². The molecule has 0 saturated carbocycles. The second kappa shape index (κ2) is 8.92. The van der Waals surface area contributed by atoms with Crippen LogP contribution in [0.3, 0.4) is 0 Å². The molecule has 158 valence electrons. The van der Waals surface area contributed by atoms with E-state index in [2.05, 4.69) is 10.6 Å². The lowest BCUT2D eigenvalue weighted by atomic mass is 10.1. The van der Waals surface area contributed by atoms with Crippen LogP contribution in [-0.4, -0.2) is 25.6 Å². The summed E-state index contributed by atoms with van der Waals surface area (Å²) < 4.78 is 5.34. The zero-order valence-electron chi connectivity index (χ0n) is 17.6. The highest BCUT2D eigenvalue weighted by Crippen LogP contribution is 2.31. The Bertz CT molecular complexity index is 1100. The van der Waals surface area contributed by atoms with Crippen molar-refractivity contribution in [3.63, 3.8) is 0 Å². The minimum absolute atomic E-state index is 0.164. The molecule has 0 radical (unpaired) electrons. The third kappa shape index (κ3) is 4.38. The number of carbonyl (C=O) groups is 2. The second-order valence-electron chi connectivity index (χ2n) is 7.51. The fourth-order valence-electron chi connectivity index (χ4n) is 3.87. The molecular weight excluding hydrogens is 390 g/mol. The zero-order chi connectivity index (χ0) is 21.8. The summed E-state index contributed by atoms with van der Waals surface area (Å²) in [5.41, 5.74) is 4.29. The Morgan fingerprint density at radius 3 is 2.52 bits per heavy atom.